The van der Waals surface area contributed by atoms with Crippen LogP contribution in [-0.2, 0) is 0 Å². The van der Waals surface area contributed by atoms with Gasteiger partial charge in [0.05, 0.1) is 20.8 Å². The van der Waals surface area contributed by atoms with E-state index in [2.05, 4.69) is 5.32 Å². The van der Waals surface area contributed by atoms with Gasteiger partial charge in [-0.1, -0.05) is 18.2 Å². The van der Waals surface area contributed by atoms with E-state index in [-0.39, 0.29) is 11.6 Å². The minimum Gasteiger partial charge on any atom is -0.321 e. The summed E-state index contributed by atoms with van der Waals surface area (Å²) in [7, 11) is 0. The molecular weight excluding hydrogens is 344 g/mol. The quantitative estimate of drug-likeness (QED) is 0.635. The molecule has 1 saturated heterocycles. The summed E-state index contributed by atoms with van der Waals surface area (Å²) in [5, 5.41) is 13.7. The van der Waals surface area contributed by atoms with Crippen LogP contribution in [0.3, 0.4) is 0 Å². The predicted molar refractivity (Wildman–Crippen MR) is 99.9 cm³/mol. The third-order valence-electron chi connectivity index (χ3n) is 3.82. The molecule has 1 amide bonds. The molecule has 5 nitrogen and oxygen atoms in total. The van der Waals surface area contributed by atoms with Crippen molar-refractivity contribution in [2.24, 2.45) is 0 Å². The molecule has 0 bridgehead atoms. The lowest BCUT2D eigenvalue weighted by atomic mass is 10.1. The number of nitrogens with one attached hydrogen (secondary N) is 1. The monoisotopic (exact) mass is 360 g/mol. The summed E-state index contributed by atoms with van der Waals surface area (Å²) in [5.41, 5.74) is 2.66. The van der Waals surface area contributed by atoms with Crippen LogP contribution in [-0.4, -0.2) is 22.3 Å². The number of thioether (sulfide) groups is 2. The lowest BCUT2D eigenvalue weighted by Crippen LogP contribution is -2.13. The molecule has 0 unspecified atom stereocenters. The van der Waals surface area contributed by atoms with Gasteiger partial charge in [0.2, 0.25) is 0 Å². The number of hydrogen-bond acceptors (Lipinski definition) is 5. The van der Waals surface area contributed by atoms with Gasteiger partial charge in [0.15, 0.2) is 0 Å². The van der Waals surface area contributed by atoms with Crippen LogP contribution in [0.4, 0.5) is 11.4 Å². The molecule has 0 saturated carbocycles. The van der Waals surface area contributed by atoms with E-state index in [9.17, 15) is 14.9 Å². The Morgan fingerprint density at radius 3 is 2.46 bits per heavy atom. The highest BCUT2D eigenvalue weighted by atomic mass is 32.2. The van der Waals surface area contributed by atoms with Crippen molar-refractivity contribution in [1.29, 1.82) is 0 Å². The minimum atomic E-state index is -0.448. The Bertz CT molecular complexity index is 772. The third kappa shape index (κ3) is 3.57. The van der Waals surface area contributed by atoms with E-state index in [0.29, 0.717) is 21.4 Å². The molecule has 1 aliphatic rings. The van der Waals surface area contributed by atoms with Crippen molar-refractivity contribution < 1.29 is 9.72 Å². The lowest BCUT2D eigenvalue weighted by molar-refractivity contribution is -0.385. The fraction of sp³-hybridized carbons (Fsp3) is 0.235. The Hall–Kier alpha value is -1.99. The topological polar surface area (TPSA) is 72.2 Å². The minimum absolute atomic E-state index is 0.00145. The van der Waals surface area contributed by atoms with Gasteiger partial charge >= 0.3 is 0 Å². The SMILES string of the molecule is Cc1c(NC(=O)c2ccc(C3SCCS3)cc2)cccc1[N+](=O)[O-]. The van der Waals surface area contributed by atoms with Gasteiger partial charge in [-0.25, -0.2) is 0 Å². The van der Waals surface area contributed by atoms with E-state index >= 15 is 0 Å². The van der Waals surface area contributed by atoms with Crippen molar-refractivity contribution in [2.45, 2.75) is 11.5 Å². The van der Waals surface area contributed by atoms with Crippen molar-refractivity contribution in [3.05, 3.63) is 69.3 Å². The van der Waals surface area contributed by atoms with E-state index in [4.69, 9.17) is 0 Å². The average Bonchev–Trinajstić information content (AvgIpc) is 3.11. The van der Waals surface area contributed by atoms with Crippen LogP contribution < -0.4 is 5.32 Å². The van der Waals surface area contributed by atoms with Crippen molar-refractivity contribution >= 4 is 40.8 Å². The second kappa shape index (κ2) is 7.27. The summed E-state index contributed by atoms with van der Waals surface area (Å²) in [6.45, 7) is 1.63. The first-order chi connectivity index (χ1) is 11.6. The molecule has 2 aromatic carbocycles. The maximum Gasteiger partial charge on any atom is 0.274 e. The summed E-state index contributed by atoms with van der Waals surface area (Å²) in [6.07, 6.45) is 0. The summed E-state index contributed by atoms with van der Waals surface area (Å²) in [5.74, 6) is 2.05. The number of hydrogen-bond donors (Lipinski definition) is 1. The molecule has 24 heavy (non-hydrogen) atoms. The van der Waals surface area contributed by atoms with E-state index in [1.807, 2.05) is 35.7 Å². The molecular formula is C17H16N2O3S2. The Morgan fingerprint density at radius 1 is 1.17 bits per heavy atom. The molecule has 1 N–H and O–H groups in total. The molecule has 124 valence electrons. The maximum absolute atomic E-state index is 12.4. The van der Waals surface area contributed by atoms with Crippen molar-refractivity contribution in [2.75, 3.05) is 16.8 Å². The molecule has 0 spiro atoms. The van der Waals surface area contributed by atoms with Crippen LogP contribution >= 0.6 is 23.5 Å². The number of rotatable bonds is 4. The highest BCUT2D eigenvalue weighted by Crippen LogP contribution is 2.45. The van der Waals surface area contributed by atoms with Gasteiger partial charge in [-0.05, 0) is 30.7 Å². The Balaban J connectivity index is 1.75. The summed E-state index contributed by atoms with van der Waals surface area (Å²) < 4.78 is 0.445. The van der Waals surface area contributed by atoms with E-state index in [0.717, 1.165) is 11.5 Å². The van der Waals surface area contributed by atoms with Crippen LogP contribution in [0.15, 0.2) is 42.5 Å². The van der Waals surface area contributed by atoms with Crippen molar-refractivity contribution in [3.63, 3.8) is 0 Å². The number of nitro groups is 1. The van der Waals surface area contributed by atoms with Gasteiger partial charge in [0.25, 0.3) is 11.6 Å². The van der Waals surface area contributed by atoms with Crippen LogP contribution in [0, 0.1) is 17.0 Å². The zero-order valence-corrected chi connectivity index (χ0v) is 14.7. The van der Waals surface area contributed by atoms with Crippen molar-refractivity contribution in [1.82, 2.24) is 0 Å². The highest BCUT2D eigenvalue weighted by Gasteiger charge is 2.19. The van der Waals surface area contributed by atoms with E-state index in [1.54, 1.807) is 31.2 Å². The molecule has 1 fully saturated rings. The van der Waals surface area contributed by atoms with Gasteiger partial charge < -0.3 is 5.32 Å². The first-order valence-electron chi connectivity index (χ1n) is 7.45. The lowest BCUT2D eigenvalue weighted by Gasteiger charge is -2.11. The number of anilines is 1. The fourth-order valence-electron chi connectivity index (χ4n) is 2.49. The Labute approximate surface area is 148 Å². The average molecular weight is 360 g/mol. The number of benzene rings is 2. The van der Waals surface area contributed by atoms with Crippen molar-refractivity contribution in [3.8, 4) is 0 Å². The molecule has 0 radical (unpaired) electrons. The van der Waals surface area contributed by atoms with Gasteiger partial charge in [0, 0.05) is 23.1 Å². The predicted octanol–water partition coefficient (Wildman–Crippen LogP) is 4.63. The summed E-state index contributed by atoms with van der Waals surface area (Å²) >= 11 is 3.83. The Kier molecular flexibility index (Phi) is 5.11. The standard InChI is InChI=1S/C17H16N2O3S2/c1-11-14(3-2-4-15(11)19(21)22)18-16(20)12-5-7-13(8-6-12)17-23-9-10-24-17/h2-8,17H,9-10H2,1H3,(H,18,20). The zero-order valence-electron chi connectivity index (χ0n) is 13.0. The number of amides is 1. The maximum atomic E-state index is 12.4. The molecule has 2 aromatic rings. The molecule has 0 aromatic heterocycles. The first kappa shape index (κ1) is 16.9. The number of nitrogens with zero attached hydrogens (tertiary/aromatic N) is 1. The molecule has 7 heteroatoms. The van der Waals surface area contributed by atoms with Gasteiger partial charge in [-0.2, -0.15) is 0 Å². The van der Waals surface area contributed by atoms with E-state index < -0.39 is 4.92 Å². The smallest absolute Gasteiger partial charge is 0.274 e. The van der Waals surface area contributed by atoms with Gasteiger partial charge in [0.1, 0.15) is 0 Å². The van der Waals surface area contributed by atoms with Crippen LogP contribution in [0.5, 0.6) is 0 Å². The fourth-order valence-corrected chi connectivity index (χ4v) is 5.35. The Morgan fingerprint density at radius 2 is 1.83 bits per heavy atom. The number of nitro benzene ring substituents is 1. The largest absolute Gasteiger partial charge is 0.321 e. The number of carbonyl (C=O) groups excluding carboxylic acids is 1. The zero-order chi connectivity index (χ0) is 17.1. The normalized spacial score (nSPS) is 14.5. The van der Waals surface area contributed by atoms with Gasteiger partial charge in [-0.15, -0.1) is 23.5 Å². The third-order valence-corrected chi connectivity index (χ3v) is 6.92. The first-order valence-corrected chi connectivity index (χ1v) is 9.54. The summed E-state index contributed by atoms with van der Waals surface area (Å²) in [6, 6.07) is 12.2. The van der Waals surface area contributed by atoms with Crippen LogP contribution in [0.1, 0.15) is 26.1 Å². The van der Waals surface area contributed by atoms with Crippen LogP contribution in [0.25, 0.3) is 0 Å². The molecule has 1 heterocycles. The number of carbonyl (C=O) groups is 1. The second-order valence-corrected chi connectivity index (χ2v) is 8.08. The molecule has 0 atom stereocenters. The summed E-state index contributed by atoms with van der Waals surface area (Å²) in [4.78, 5) is 22.9. The molecule has 0 aliphatic carbocycles. The molecule has 1 aliphatic heterocycles. The van der Waals surface area contributed by atoms with Crippen LogP contribution in [0.2, 0.25) is 0 Å². The van der Waals surface area contributed by atoms with E-state index in [1.165, 1.54) is 11.6 Å². The highest BCUT2D eigenvalue weighted by molar-refractivity contribution is 8.19. The molecule has 3 rings (SSSR count). The van der Waals surface area contributed by atoms with Gasteiger partial charge in [-0.3, -0.25) is 14.9 Å². The second-order valence-electron chi connectivity index (χ2n) is 5.36.